The fourth-order valence-corrected chi connectivity index (χ4v) is 3.21. The van der Waals surface area contributed by atoms with Gasteiger partial charge in [-0.1, -0.05) is 11.6 Å². The summed E-state index contributed by atoms with van der Waals surface area (Å²) >= 11 is 5.94. The van der Waals surface area contributed by atoms with Gasteiger partial charge in [0.15, 0.2) is 5.96 Å². The maximum atomic E-state index is 10.5. The molecule has 0 saturated carbocycles. The van der Waals surface area contributed by atoms with Crippen molar-refractivity contribution >= 4 is 47.2 Å². The van der Waals surface area contributed by atoms with Gasteiger partial charge in [-0.25, -0.2) is 0 Å². The van der Waals surface area contributed by atoms with Gasteiger partial charge in [0, 0.05) is 62.9 Å². The molecule has 3 rings (SSSR count). The SMILES string of the molecule is I.NC(=NCC1(O)CCOCC1)N1CCN(c2ccc(Cl)cc2)CC1. The topological polar surface area (TPSA) is 74.3 Å². The van der Waals surface area contributed by atoms with E-state index in [0.29, 0.717) is 38.6 Å². The molecular formula is C17H26ClIN4O2. The van der Waals surface area contributed by atoms with Gasteiger partial charge in [-0.2, -0.15) is 0 Å². The van der Waals surface area contributed by atoms with Gasteiger partial charge >= 0.3 is 0 Å². The molecule has 2 heterocycles. The number of aliphatic hydroxyl groups is 1. The van der Waals surface area contributed by atoms with Gasteiger partial charge in [0.05, 0.1) is 12.1 Å². The maximum absolute atomic E-state index is 10.5. The molecule has 0 aliphatic carbocycles. The van der Waals surface area contributed by atoms with Gasteiger partial charge < -0.3 is 25.4 Å². The van der Waals surface area contributed by atoms with E-state index in [1.807, 2.05) is 24.3 Å². The van der Waals surface area contributed by atoms with Crippen molar-refractivity contribution in [3.05, 3.63) is 29.3 Å². The van der Waals surface area contributed by atoms with Crippen LogP contribution >= 0.6 is 35.6 Å². The number of hydrogen-bond donors (Lipinski definition) is 2. The molecule has 8 heteroatoms. The summed E-state index contributed by atoms with van der Waals surface area (Å²) in [5, 5.41) is 11.2. The third-order valence-corrected chi connectivity index (χ3v) is 5.01. The molecule has 1 aromatic carbocycles. The van der Waals surface area contributed by atoms with Crippen LogP contribution in [0.4, 0.5) is 5.69 Å². The molecule has 0 amide bonds. The van der Waals surface area contributed by atoms with E-state index in [1.54, 1.807) is 0 Å². The summed E-state index contributed by atoms with van der Waals surface area (Å²) in [6.45, 7) is 4.93. The molecule has 0 aromatic heterocycles. The Kier molecular flexibility index (Phi) is 7.60. The zero-order valence-corrected chi connectivity index (χ0v) is 17.3. The van der Waals surface area contributed by atoms with E-state index >= 15 is 0 Å². The molecule has 0 bridgehead atoms. The van der Waals surface area contributed by atoms with Crippen molar-refractivity contribution in [2.24, 2.45) is 10.7 Å². The van der Waals surface area contributed by atoms with Gasteiger partial charge in [0.2, 0.25) is 0 Å². The number of rotatable bonds is 3. The predicted octanol–water partition coefficient (Wildman–Crippen LogP) is 1.94. The van der Waals surface area contributed by atoms with Gasteiger partial charge in [0.1, 0.15) is 0 Å². The second-order valence-electron chi connectivity index (χ2n) is 6.46. The smallest absolute Gasteiger partial charge is 0.191 e. The van der Waals surface area contributed by atoms with Crippen molar-refractivity contribution in [1.82, 2.24) is 4.90 Å². The highest BCUT2D eigenvalue weighted by Crippen LogP contribution is 2.21. The van der Waals surface area contributed by atoms with Crippen molar-refractivity contribution in [3.63, 3.8) is 0 Å². The van der Waals surface area contributed by atoms with Crippen LogP contribution in [-0.2, 0) is 4.74 Å². The molecule has 0 radical (unpaired) electrons. The van der Waals surface area contributed by atoms with Crippen molar-refractivity contribution in [3.8, 4) is 0 Å². The molecule has 0 unspecified atom stereocenters. The van der Waals surface area contributed by atoms with Crippen LogP contribution < -0.4 is 10.6 Å². The minimum Gasteiger partial charge on any atom is -0.388 e. The minimum absolute atomic E-state index is 0. The Morgan fingerprint density at radius 3 is 2.36 bits per heavy atom. The summed E-state index contributed by atoms with van der Waals surface area (Å²) in [4.78, 5) is 8.82. The molecule has 140 valence electrons. The number of ether oxygens (including phenoxy) is 1. The quantitative estimate of drug-likeness (QED) is 0.393. The number of halogens is 2. The molecule has 2 fully saturated rings. The van der Waals surface area contributed by atoms with E-state index in [9.17, 15) is 5.11 Å². The Morgan fingerprint density at radius 2 is 1.76 bits per heavy atom. The van der Waals surface area contributed by atoms with Crippen LogP contribution in [0.15, 0.2) is 29.3 Å². The standard InChI is InChI=1S/C17H25ClN4O2.HI/c18-14-1-3-15(4-2-14)21-7-9-22(10-8-21)16(19)20-13-17(23)5-11-24-12-6-17;/h1-4,23H,5-13H2,(H2,19,20);1H. The Labute approximate surface area is 171 Å². The van der Waals surface area contributed by atoms with Crippen molar-refractivity contribution in [1.29, 1.82) is 0 Å². The summed E-state index contributed by atoms with van der Waals surface area (Å²) < 4.78 is 5.29. The van der Waals surface area contributed by atoms with Crippen LogP contribution in [0.2, 0.25) is 5.02 Å². The first-order chi connectivity index (χ1) is 11.6. The van der Waals surface area contributed by atoms with E-state index in [2.05, 4.69) is 14.8 Å². The molecule has 2 aliphatic rings. The number of anilines is 1. The van der Waals surface area contributed by atoms with Crippen molar-refractivity contribution in [2.45, 2.75) is 18.4 Å². The molecule has 6 nitrogen and oxygen atoms in total. The highest BCUT2D eigenvalue weighted by Gasteiger charge is 2.30. The minimum atomic E-state index is -0.770. The lowest BCUT2D eigenvalue weighted by Crippen LogP contribution is -2.51. The second-order valence-corrected chi connectivity index (χ2v) is 6.90. The largest absolute Gasteiger partial charge is 0.388 e. The first-order valence-electron chi connectivity index (χ1n) is 8.41. The van der Waals surface area contributed by atoms with Gasteiger partial charge in [-0.15, -0.1) is 24.0 Å². The van der Waals surface area contributed by atoms with Crippen LogP contribution in [0.3, 0.4) is 0 Å². The molecule has 2 aliphatic heterocycles. The normalized spacial score (nSPS) is 21.0. The monoisotopic (exact) mass is 480 g/mol. The van der Waals surface area contributed by atoms with Crippen LogP contribution in [-0.4, -0.2) is 67.5 Å². The van der Waals surface area contributed by atoms with Crippen molar-refractivity contribution in [2.75, 3.05) is 50.8 Å². The van der Waals surface area contributed by atoms with Crippen LogP contribution in [0.5, 0.6) is 0 Å². The first-order valence-corrected chi connectivity index (χ1v) is 8.79. The zero-order chi connectivity index (χ0) is 17.0. The van der Waals surface area contributed by atoms with Crippen LogP contribution in [0, 0.1) is 0 Å². The lowest BCUT2D eigenvalue weighted by Gasteiger charge is -2.37. The lowest BCUT2D eigenvalue weighted by molar-refractivity contribution is -0.0566. The molecule has 2 saturated heterocycles. The third kappa shape index (κ3) is 5.60. The fourth-order valence-electron chi connectivity index (χ4n) is 3.08. The summed E-state index contributed by atoms with van der Waals surface area (Å²) in [6, 6.07) is 7.90. The highest BCUT2D eigenvalue weighted by atomic mass is 127. The summed E-state index contributed by atoms with van der Waals surface area (Å²) in [5.41, 5.74) is 6.53. The summed E-state index contributed by atoms with van der Waals surface area (Å²) in [7, 11) is 0. The van der Waals surface area contributed by atoms with E-state index in [-0.39, 0.29) is 24.0 Å². The number of nitrogens with zero attached hydrogens (tertiary/aromatic N) is 3. The van der Waals surface area contributed by atoms with Crippen molar-refractivity contribution < 1.29 is 9.84 Å². The molecule has 25 heavy (non-hydrogen) atoms. The number of hydrogen-bond acceptors (Lipinski definition) is 4. The highest BCUT2D eigenvalue weighted by molar-refractivity contribution is 14.0. The first kappa shape index (κ1) is 20.5. The Balaban J connectivity index is 0.00000225. The molecular weight excluding hydrogens is 455 g/mol. The number of benzene rings is 1. The number of nitrogens with two attached hydrogens (primary N) is 1. The third-order valence-electron chi connectivity index (χ3n) is 4.75. The predicted molar refractivity (Wildman–Crippen MR) is 112 cm³/mol. The number of piperazine rings is 1. The lowest BCUT2D eigenvalue weighted by atomic mass is 9.95. The Bertz CT molecular complexity index is 571. The summed E-state index contributed by atoms with van der Waals surface area (Å²) in [6.07, 6.45) is 1.24. The molecule has 1 aromatic rings. The van der Waals surface area contributed by atoms with E-state index in [1.165, 1.54) is 5.69 Å². The van der Waals surface area contributed by atoms with Gasteiger partial charge in [-0.05, 0) is 24.3 Å². The molecule has 0 atom stereocenters. The summed E-state index contributed by atoms with van der Waals surface area (Å²) in [5.74, 6) is 0.519. The zero-order valence-electron chi connectivity index (χ0n) is 14.2. The Morgan fingerprint density at radius 1 is 1.16 bits per heavy atom. The van der Waals surface area contributed by atoms with Crippen LogP contribution in [0.25, 0.3) is 0 Å². The number of aliphatic imine (C=N–C) groups is 1. The fraction of sp³-hybridized carbons (Fsp3) is 0.588. The van der Waals surface area contributed by atoms with Gasteiger partial charge in [-0.3, -0.25) is 4.99 Å². The molecule has 3 N–H and O–H groups in total. The Hall–Kier alpha value is -0.770. The van der Waals surface area contributed by atoms with Crippen LogP contribution in [0.1, 0.15) is 12.8 Å². The van der Waals surface area contributed by atoms with E-state index < -0.39 is 5.60 Å². The average molecular weight is 481 g/mol. The number of guanidine groups is 1. The average Bonchev–Trinajstić information content (AvgIpc) is 2.61. The van der Waals surface area contributed by atoms with E-state index in [0.717, 1.165) is 31.2 Å². The van der Waals surface area contributed by atoms with Gasteiger partial charge in [0.25, 0.3) is 0 Å². The van der Waals surface area contributed by atoms with E-state index in [4.69, 9.17) is 22.1 Å². The maximum Gasteiger partial charge on any atom is 0.191 e. The second kappa shape index (κ2) is 9.25. The molecule has 0 spiro atoms.